The molecule has 0 aromatic heterocycles. The van der Waals surface area contributed by atoms with Gasteiger partial charge < -0.3 is 5.73 Å². The van der Waals surface area contributed by atoms with Crippen molar-refractivity contribution in [3.63, 3.8) is 0 Å². The van der Waals surface area contributed by atoms with Crippen molar-refractivity contribution < 1.29 is 0 Å². The lowest BCUT2D eigenvalue weighted by Gasteiger charge is -2.14. The van der Waals surface area contributed by atoms with Gasteiger partial charge in [0, 0.05) is 5.69 Å². The maximum absolute atomic E-state index is 5.84. The van der Waals surface area contributed by atoms with Crippen LogP contribution in [0.15, 0.2) is 78.9 Å². The Kier molecular flexibility index (Phi) is 2.42. The number of hydrogen-bond donors (Lipinski definition) is 1. The second kappa shape index (κ2) is 4.47. The molecule has 0 saturated carbocycles. The zero-order chi connectivity index (χ0) is 15.4. The summed E-state index contributed by atoms with van der Waals surface area (Å²) in [6.07, 6.45) is 0. The third-order valence-corrected chi connectivity index (χ3v) is 4.75. The SMILES string of the molecule is Nc1ccc(-c2ccc3ccc4cccc5ccc2c3c45)cc1. The van der Waals surface area contributed by atoms with Crippen molar-refractivity contribution in [1.82, 2.24) is 0 Å². The van der Waals surface area contributed by atoms with Crippen molar-refractivity contribution in [2.75, 3.05) is 5.73 Å². The van der Waals surface area contributed by atoms with Crippen LogP contribution in [0.5, 0.6) is 0 Å². The Morgan fingerprint density at radius 1 is 0.522 bits per heavy atom. The maximum Gasteiger partial charge on any atom is 0.0314 e. The van der Waals surface area contributed by atoms with E-state index in [0.717, 1.165) is 5.69 Å². The molecule has 0 aliphatic rings. The topological polar surface area (TPSA) is 26.0 Å². The highest BCUT2D eigenvalue weighted by Crippen LogP contribution is 2.39. The predicted molar refractivity (Wildman–Crippen MR) is 100.0 cm³/mol. The fourth-order valence-corrected chi connectivity index (χ4v) is 3.65. The first-order chi connectivity index (χ1) is 11.3. The summed E-state index contributed by atoms with van der Waals surface area (Å²) in [4.78, 5) is 0. The van der Waals surface area contributed by atoms with Gasteiger partial charge in [-0.15, -0.1) is 0 Å². The van der Waals surface area contributed by atoms with E-state index < -0.39 is 0 Å². The molecule has 0 radical (unpaired) electrons. The van der Waals surface area contributed by atoms with Crippen LogP contribution in [0.4, 0.5) is 5.69 Å². The van der Waals surface area contributed by atoms with Gasteiger partial charge in [-0.05, 0) is 55.6 Å². The van der Waals surface area contributed by atoms with Crippen LogP contribution in [0.25, 0.3) is 43.4 Å². The minimum Gasteiger partial charge on any atom is -0.399 e. The summed E-state index contributed by atoms with van der Waals surface area (Å²) in [5.74, 6) is 0. The van der Waals surface area contributed by atoms with Gasteiger partial charge in [-0.1, -0.05) is 66.7 Å². The van der Waals surface area contributed by atoms with Crippen molar-refractivity contribution in [3.05, 3.63) is 78.9 Å². The number of hydrogen-bond acceptors (Lipinski definition) is 1. The highest BCUT2D eigenvalue weighted by Gasteiger charge is 2.11. The van der Waals surface area contributed by atoms with E-state index in [1.807, 2.05) is 12.1 Å². The fourth-order valence-electron chi connectivity index (χ4n) is 3.65. The highest BCUT2D eigenvalue weighted by atomic mass is 14.5. The minimum absolute atomic E-state index is 0.798. The molecule has 0 spiro atoms. The fraction of sp³-hybridized carbons (Fsp3) is 0. The van der Waals surface area contributed by atoms with E-state index in [2.05, 4.69) is 66.7 Å². The molecule has 0 aliphatic heterocycles. The molecule has 5 aromatic carbocycles. The van der Waals surface area contributed by atoms with Crippen molar-refractivity contribution >= 4 is 38.0 Å². The zero-order valence-corrected chi connectivity index (χ0v) is 12.6. The van der Waals surface area contributed by atoms with Crippen LogP contribution in [0.1, 0.15) is 0 Å². The summed E-state index contributed by atoms with van der Waals surface area (Å²) in [6, 6.07) is 28.0. The summed E-state index contributed by atoms with van der Waals surface area (Å²) in [6.45, 7) is 0. The summed E-state index contributed by atoms with van der Waals surface area (Å²) in [5, 5.41) is 7.92. The molecule has 0 atom stereocenters. The number of nitrogen functional groups attached to an aromatic ring is 1. The van der Waals surface area contributed by atoms with Gasteiger partial charge in [0.15, 0.2) is 0 Å². The van der Waals surface area contributed by atoms with Gasteiger partial charge >= 0.3 is 0 Å². The third-order valence-electron chi connectivity index (χ3n) is 4.75. The lowest BCUT2D eigenvalue weighted by molar-refractivity contribution is 1.65. The minimum atomic E-state index is 0.798. The van der Waals surface area contributed by atoms with Crippen molar-refractivity contribution in [1.29, 1.82) is 0 Å². The number of benzene rings is 5. The average molecular weight is 293 g/mol. The van der Waals surface area contributed by atoms with E-state index in [1.165, 1.54) is 43.4 Å². The van der Waals surface area contributed by atoms with Gasteiger partial charge in [-0.2, -0.15) is 0 Å². The van der Waals surface area contributed by atoms with Crippen molar-refractivity contribution in [2.24, 2.45) is 0 Å². The molecule has 0 unspecified atom stereocenters. The Morgan fingerprint density at radius 3 is 1.87 bits per heavy atom. The molecule has 5 rings (SSSR count). The average Bonchev–Trinajstić information content (AvgIpc) is 2.60. The van der Waals surface area contributed by atoms with Crippen LogP contribution < -0.4 is 5.73 Å². The summed E-state index contributed by atoms with van der Waals surface area (Å²) in [7, 11) is 0. The first kappa shape index (κ1) is 12.5. The summed E-state index contributed by atoms with van der Waals surface area (Å²) < 4.78 is 0. The van der Waals surface area contributed by atoms with Crippen LogP contribution >= 0.6 is 0 Å². The van der Waals surface area contributed by atoms with E-state index in [4.69, 9.17) is 5.73 Å². The molecule has 0 aliphatic carbocycles. The Morgan fingerprint density at radius 2 is 1.13 bits per heavy atom. The third kappa shape index (κ3) is 1.74. The first-order valence-electron chi connectivity index (χ1n) is 7.84. The predicted octanol–water partition coefficient (Wildman–Crippen LogP) is 5.83. The van der Waals surface area contributed by atoms with Crippen LogP contribution in [0.2, 0.25) is 0 Å². The second-order valence-electron chi connectivity index (χ2n) is 6.09. The quantitative estimate of drug-likeness (QED) is 0.305. The van der Waals surface area contributed by atoms with Gasteiger partial charge in [0.05, 0.1) is 0 Å². The Labute approximate surface area is 134 Å². The first-order valence-corrected chi connectivity index (χ1v) is 7.84. The number of nitrogens with two attached hydrogens (primary N) is 1. The Bertz CT molecular complexity index is 1140. The largest absolute Gasteiger partial charge is 0.399 e. The molecular formula is C22H15N. The molecule has 1 heteroatoms. The van der Waals surface area contributed by atoms with Gasteiger partial charge in [-0.3, -0.25) is 0 Å². The lowest BCUT2D eigenvalue weighted by atomic mass is 9.90. The molecule has 5 aromatic rings. The van der Waals surface area contributed by atoms with Crippen LogP contribution in [0.3, 0.4) is 0 Å². The standard InChI is InChI=1S/C22H15N/c23-18-10-6-14(7-11-18)19-12-8-17-5-4-15-2-1-3-16-9-13-20(19)22(17)21(15)16/h1-13H,23H2. The van der Waals surface area contributed by atoms with Crippen molar-refractivity contribution in [3.8, 4) is 11.1 Å². The normalized spacial score (nSPS) is 11.7. The van der Waals surface area contributed by atoms with E-state index in [-0.39, 0.29) is 0 Å². The lowest BCUT2D eigenvalue weighted by Crippen LogP contribution is -1.88. The van der Waals surface area contributed by atoms with Crippen LogP contribution in [-0.2, 0) is 0 Å². The van der Waals surface area contributed by atoms with E-state index >= 15 is 0 Å². The van der Waals surface area contributed by atoms with E-state index in [0.29, 0.717) is 0 Å². The highest BCUT2D eigenvalue weighted by molar-refractivity contribution is 6.25. The summed E-state index contributed by atoms with van der Waals surface area (Å²) in [5.41, 5.74) is 9.10. The van der Waals surface area contributed by atoms with E-state index in [1.54, 1.807) is 0 Å². The zero-order valence-electron chi connectivity index (χ0n) is 12.6. The number of rotatable bonds is 1. The smallest absolute Gasteiger partial charge is 0.0314 e. The molecule has 23 heavy (non-hydrogen) atoms. The molecule has 2 N–H and O–H groups in total. The second-order valence-corrected chi connectivity index (χ2v) is 6.09. The van der Waals surface area contributed by atoms with Gasteiger partial charge in [0.25, 0.3) is 0 Å². The Hall–Kier alpha value is -3.06. The van der Waals surface area contributed by atoms with Crippen LogP contribution in [0, 0.1) is 0 Å². The van der Waals surface area contributed by atoms with Crippen LogP contribution in [-0.4, -0.2) is 0 Å². The van der Waals surface area contributed by atoms with Gasteiger partial charge in [-0.25, -0.2) is 0 Å². The molecule has 0 bridgehead atoms. The van der Waals surface area contributed by atoms with Gasteiger partial charge in [0.2, 0.25) is 0 Å². The van der Waals surface area contributed by atoms with Gasteiger partial charge in [0.1, 0.15) is 0 Å². The molecule has 0 fully saturated rings. The number of anilines is 1. The molecule has 108 valence electrons. The molecule has 0 heterocycles. The van der Waals surface area contributed by atoms with Crippen molar-refractivity contribution in [2.45, 2.75) is 0 Å². The molecular weight excluding hydrogens is 278 g/mol. The maximum atomic E-state index is 5.84. The molecule has 0 saturated heterocycles. The molecule has 0 amide bonds. The Balaban J connectivity index is 1.96. The van der Waals surface area contributed by atoms with E-state index in [9.17, 15) is 0 Å². The monoisotopic (exact) mass is 293 g/mol. The summed E-state index contributed by atoms with van der Waals surface area (Å²) >= 11 is 0. The molecule has 1 nitrogen and oxygen atoms in total.